The molecule has 1 saturated carbocycles. The maximum Gasteiger partial charge on any atom is 0.217 e. The van der Waals surface area contributed by atoms with Gasteiger partial charge in [-0.2, -0.15) is 0 Å². The number of hydrogen-bond donors (Lipinski definition) is 1. The number of amides is 1. The molecule has 0 unspecified atom stereocenters. The molecule has 0 aliphatic heterocycles. The van der Waals surface area contributed by atoms with Crippen LogP contribution in [0.25, 0.3) is 0 Å². The summed E-state index contributed by atoms with van der Waals surface area (Å²) in [7, 11) is 0. The van der Waals surface area contributed by atoms with Crippen LogP contribution < -0.4 is 10.1 Å². The smallest absolute Gasteiger partial charge is 0.217 e. The number of carbonyl (C=O) groups is 1. The highest BCUT2D eigenvalue weighted by Crippen LogP contribution is 2.45. The summed E-state index contributed by atoms with van der Waals surface area (Å²) in [5.41, 5.74) is 1.07. The van der Waals surface area contributed by atoms with E-state index in [2.05, 4.69) is 31.3 Å². The standard InChI is InChI=1S/C17H25NO2/c1-13(2)5-4-12-20-16-8-6-15(7-9-16)17(10-11-17)18-14(3)19/h6-9,13H,4-5,10-12H2,1-3H3,(H,18,19). The second-order valence-electron chi connectivity index (χ2n) is 6.17. The van der Waals surface area contributed by atoms with E-state index in [0.29, 0.717) is 0 Å². The van der Waals surface area contributed by atoms with E-state index in [0.717, 1.165) is 37.5 Å². The topological polar surface area (TPSA) is 38.3 Å². The van der Waals surface area contributed by atoms with Crippen molar-refractivity contribution in [1.82, 2.24) is 5.32 Å². The van der Waals surface area contributed by atoms with Crippen molar-refractivity contribution in [3.05, 3.63) is 29.8 Å². The minimum Gasteiger partial charge on any atom is -0.494 e. The number of ether oxygens (including phenoxy) is 1. The first-order valence-corrected chi connectivity index (χ1v) is 7.54. The Labute approximate surface area is 121 Å². The Hall–Kier alpha value is -1.51. The van der Waals surface area contributed by atoms with E-state index in [1.54, 1.807) is 6.92 Å². The molecule has 0 aromatic heterocycles. The zero-order valence-electron chi connectivity index (χ0n) is 12.7. The van der Waals surface area contributed by atoms with Gasteiger partial charge in [-0.25, -0.2) is 0 Å². The second kappa shape index (κ2) is 6.29. The average Bonchev–Trinajstić information content (AvgIpc) is 3.15. The fraction of sp³-hybridized carbons (Fsp3) is 0.588. The third-order valence-corrected chi connectivity index (χ3v) is 3.77. The Bertz CT molecular complexity index is 447. The lowest BCUT2D eigenvalue weighted by Crippen LogP contribution is -2.32. The van der Waals surface area contributed by atoms with E-state index < -0.39 is 0 Å². The quantitative estimate of drug-likeness (QED) is 0.772. The van der Waals surface area contributed by atoms with Crippen molar-refractivity contribution in [2.45, 2.75) is 52.0 Å². The Balaban J connectivity index is 1.85. The normalized spacial score (nSPS) is 16.0. The van der Waals surface area contributed by atoms with Crippen LogP contribution in [0, 0.1) is 5.92 Å². The first-order valence-electron chi connectivity index (χ1n) is 7.54. The Morgan fingerprint density at radius 1 is 1.30 bits per heavy atom. The largest absolute Gasteiger partial charge is 0.494 e. The molecule has 0 spiro atoms. The lowest BCUT2D eigenvalue weighted by molar-refractivity contribution is -0.120. The zero-order valence-corrected chi connectivity index (χ0v) is 12.7. The van der Waals surface area contributed by atoms with Crippen molar-refractivity contribution in [2.75, 3.05) is 6.61 Å². The van der Waals surface area contributed by atoms with Crippen molar-refractivity contribution in [3.8, 4) is 5.75 Å². The molecular formula is C17H25NO2. The highest BCUT2D eigenvalue weighted by atomic mass is 16.5. The molecule has 3 nitrogen and oxygen atoms in total. The van der Waals surface area contributed by atoms with Crippen LogP contribution in [-0.4, -0.2) is 12.5 Å². The van der Waals surface area contributed by atoms with Gasteiger partial charge in [0.25, 0.3) is 0 Å². The van der Waals surface area contributed by atoms with E-state index in [1.165, 1.54) is 12.0 Å². The van der Waals surface area contributed by atoms with Gasteiger partial charge in [-0.1, -0.05) is 26.0 Å². The highest BCUT2D eigenvalue weighted by Gasteiger charge is 2.44. The Kier molecular flexibility index (Phi) is 4.69. The molecule has 0 saturated heterocycles. The van der Waals surface area contributed by atoms with Crippen LogP contribution in [-0.2, 0) is 10.3 Å². The Morgan fingerprint density at radius 3 is 2.45 bits per heavy atom. The van der Waals surface area contributed by atoms with Crippen LogP contribution >= 0.6 is 0 Å². The monoisotopic (exact) mass is 275 g/mol. The summed E-state index contributed by atoms with van der Waals surface area (Å²) in [4.78, 5) is 11.2. The van der Waals surface area contributed by atoms with Gasteiger partial charge in [0.05, 0.1) is 12.1 Å². The summed E-state index contributed by atoms with van der Waals surface area (Å²) < 4.78 is 5.74. The van der Waals surface area contributed by atoms with Crippen LogP contribution in [0.1, 0.15) is 52.0 Å². The molecule has 110 valence electrons. The minimum atomic E-state index is -0.109. The van der Waals surface area contributed by atoms with E-state index in [4.69, 9.17) is 4.74 Å². The number of hydrogen-bond acceptors (Lipinski definition) is 2. The fourth-order valence-corrected chi connectivity index (χ4v) is 2.50. The summed E-state index contributed by atoms with van der Waals surface area (Å²) in [5.74, 6) is 1.68. The summed E-state index contributed by atoms with van der Waals surface area (Å²) in [5, 5.41) is 3.05. The predicted octanol–water partition coefficient (Wildman–Crippen LogP) is 3.63. The van der Waals surface area contributed by atoms with E-state index in [1.807, 2.05) is 12.1 Å². The van der Waals surface area contributed by atoms with Gasteiger partial charge in [0.15, 0.2) is 0 Å². The summed E-state index contributed by atoms with van der Waals surface area (Å²) in [6.07, 6.45) is 4.35. The molecule has 3 heteroatoms. The maximum atomic E-state index is 11.2. The lowest BCUT2D eigenvalue weighted by Gasteiger charge is -2.17. The number of nitrogens with one attached hydrogen (secondary N) is 1. The third-order valence-electron chi connectivity index (χ3n) is 3.77. The van der Waals surface area contributed by atoms with E-state index in [9.17, 15) is 4.79 Å². The molecule has 0 heterocycles. The van der Waals surface area contributed by atoms with Gasteiger partial charge < -0.3 is 10.1 Å². The molecule has 1 fully saturated rings. The molecule has 1 aromatic carbocycles. The van der Waals surface area contributed by atoms with Gasteiger partial charge >= 0.3 is 0 Å². The molecule has 0 bridgehead atoms. The van der Waals surface area contributed by atoms with Gasteiger partial charge in [-0.15, -0.1) is 0 Å². The van der Waals surface area contributed by atoms with Crippen LogP contribution in [0.5, 0.6) is 5.75 Å². The first-order chi connectivity index (χ1) is 9.52. The van der Waals surface area contributed by atoms with E-state index in [-0.39, 0.29) is 11.4 Å². The first kappa shape index (κ1) is 14.9. The molecule has 0 atom stereocenters. The SMILES string of the molecule is CC(=O)NC1(c2ccc(OCCCC(C)C)cc2)CC1. The van der Waals surface area contributed by atoms with Crippen LogP contribution in [0.3, 0.4) is 0 Å². The minimum absolute atomic E-state index is 0.0384. The zero-order chi connectivity index (χ0) is 14.6. The summed E-state index contributed by atoms with van der Waals surface area (Å²) in [6.45, 7) is 6.80. The van der Waals surface area contributed by atoms with E-state index >= 15 is 0 Å². The summed E-state index contributed by atoms with van der Waals surface area (Å²) in [6, 6.07) is 8.15. The van der Waals surface area contributed by atoms with Gasteiger partial charge in [0.1, 0.15) is 5.75 Å². The van der Waals surface area contributed by atoms with Crippen LogP contribution in [0.4, 0.5) is 0 Å². The molecular weight excluding hydrogens is 250 g/mol. The average molecular weight is 275 g/mol. The van der Waals surface area contributed by atoms with Gasteiger partial charge in [-0.05, 0) is 49.3 Å². The summed E-state index contributed by atoms with van der Waals surface area (Å²) >= 11 is 0. The molecule has 20 heavy (non-hydrogen) atoms. The molecule has 0 radical (unpaired) electrons. The molecule has 1 N–H and O–H groups in total. The third kappa shape index (κ3) is 3.99. The van der Waals surface area contributed by atoms with Crippen molar-refractivity contribution >= 4 is 5.91 Å². The second-order valence-corrected chi connectivity index (χ2v) is 6.17. The van der Waals surface area contributed by atoms with Crippen LogP contribution in [0.2, 0.25) is 0 Å². The van der Waals surface area contributed by atoms with Crippen molar-refractivity contribution in [1.29, 1.82) is 0 Å². The van der Waals surface area contributed by atoms with Crippen LogP contribution in [0.15, 0.2) is 24.3 Å². The molecule has 1 aromatic rings. The number of rotatable bonds is 7. The number of carbonyl (C=O) groups excluding carboxylic acids is 1. The molecule has 1 aliphatic rings. The lowest BCUT2D eigenvalue weighted by atomic mass is 10.0. The number of benzene rings is 1. The predicted molar refractivity (Wildman–Crippen MR) is 80.7 cm³/mol. The van der Waals surface area contributed by atoms with Crippen molar-refractivity contribution < 1.29 is 9.53 Å². The fourth-order valence-electron chi connectivity index (χ4n) is 2.50. The van der Waals surface area contributed by atoms with Gasteiger partial charge in [-0.3, -0.25) is 4.79 Å². The Morgan fingerprint density at radius 2 is 1.95 bits per heavy atom. The maximum absolute atomic E-state index is 11.2. The van der Waals surface area contributed by atoms with Crippen molar-refractivity contribution in [3.63, 3.8) is 0 Å². The molecule has 1 aliphatic carbocycles. The van der Waals surface area contributed by atoms with Crippen molar-refractivity contribution in [2.24, 2.45) is 5.92 Å². The molecule has 1 amide bonds. The molecule has 2 rings (SSSR count). The van der Waals surface area contributed by atoms with Gasteiger partial charge in [0, 0.05) is 6.92 Å². The van der Waals surface area contributed by atoms with Gasteiger partial charge in [0.2, 0.25) is 5.91 Å². The highest BCUT2D eigenvalue weighted by molar-refractivity contribution is 5.74.